The minimum atomic E-state index is -0.429. The molecule has 0 aliphatic carbocycles. The lowest BCUT2D eigenvalue weighted by Gasteiger charge is -2.18. The predicted molar refractivity (Wildman–Crippen MR) is 65.4 cm³/mol. The molecule has 1 aromatic heterocycles. The molecule has 17 heavy (non-hydrogen) atoms. The maximum atomic E-state index is 11.7. The Labute approximate surface area is 105 Å². The van der Waals surface area contributed by atoms with E-state index in [9.17, 15) is 4.79 Å². The summed E-state index contributed by atoms with van der Waals surface area (Å²) >= 11 is 5.91. The lowest BCUT2D eigenvalue weighted by Crippen LogP contribution is -2.36. The quantitative estimate of drug-likeness (QED) is 0.874. The Hall–Kier alpha value is -1.56. The van der Waals surface area contributed by atoms with Crippen molar-refractivity contribution < 1.29 is 9.53 Å². The third kappa shape index (κ3) is 3.45. The second kappa shape index (κ2) is 5.67. The molecule has 6 nitrogen and oxygen atoms in total. The molecule has 0 radical (unpaired) electrons. The number of halogens is 1. The molecule has 1 heterocycles. The van der Waals surface area contributed by atoms with E-state index in [0.29, 0.717) is 10.8 Å². The third-order valence-electron chi connectivity index (χ3n) is 2.07. The van der Waals surface area contributed by atoms with Crippen molar-refractivity contribution in [3.8, 4) is 6.01 Å². The molecule has 0 spiro atoms. The van der Waals surface area contributed by atoms with E-state index in [1.807, 2.05) is 0 Å². The van der Waals surface area contributed by atoms with Gasteiger partial charge in [0.25, 0.3) is 0 Å². The number of methoxy groups -OCH3 is 1. The van der Waals surface area contributed by atoms with Crippen LogP contribution in [0.1, 0.15) is 6.92 Å². The highest BCUT2D eigenvalue weighted by Gasteiger charge is 2.17. The van der Waals surface area contributed by atoms with Crippen molar-refractivity contribution in [3.05, 3.63) is 11.2 Å². The summed E-state index contributed by atoms with van der Waals surface area (Å²) in [5.41, 5.74) is 0. The summed E-state index contributed by atoms with van der Waals surface area (Å²) in [4.78, 5) is 21.0. The Kier molecular flexibility index (Phi) is 4.51. The number of nitrogens with one attached hydrogen (secondary N) is 1. The maximum Gasteiger partial charge on any atom is 0.318 e. The number of carbonyl (C=O) groups excluding carboxylic acids is 1. The van der Waals surface area contributed by atoms with E-state index in [0.717, 1.165) is 0 Å². The fraction of sp³-hybridized carbons (Fsp3) is 0.500. The fourth-order valence-electron chi connectivity index (χ4n) is 1.20. The first-order valence-corrected chi connectivity index (χ1v) is 5.37. The van der Waals surface area contributed by atoms with Gasteiger partial charge in [-0.2, -0.15) is 4.98 Å². The highest BCUT2D eigenvalue weighted by molar-refractivity contribution is 6.32. The molecule has 0 saturated carbocycles. The molecule has 0 aliphatic heterocycles. The van der Waals surface area contributed by atoms with Crippen molar-refractivity contribution in [1.29, 1.82) is 0 Å². The third-order valence-corrected chi connectivity index (χ3v) is 2.35. The Morgan fingerprint density at radius 1 is 1.59 bits per heavy atom. The largest absolute Gasteiger partial charge is 0.467 e. The van der Waals surface area contributed by atoms with Crippen LogP contribution in [0.3, 0.4) is 0 Å². The summed E-state index contributed by atoms with van der Waals surface area (Å²) in [6.07, 6.45) is 1.42. The Morgan fingerprint density at radius 2 is 2.24 bits per heavy atom. The molecule has 0 aromatic carbocycles. The molecule has 0 fully saturated rings. The second-order valence-electron chi connectivity index (χ2n) is 3.65. The minimum absolute atomic E-state index is 0.0707. The van der Waals surface area contributed by atoms with Crippen molar-refractivity contribution in [1.82, 2.24) is 14.9 Å². The van der Waals surface area contributed by atoms with Gasteiger partial charge >= 0.3 is 6.01 Å². The van der Waals surface area contributed by atoms with Crippen molar-refractivity contribution in [2.45, 2.75) is 13.0 Å². The van der Waals surface area contributed by atoms with Gasteiger partial charge in [0.2, 0.25) is 5.91 Å². The molecule has 1 rings (SSSR count). The zero-order chi connectivity index (χ0) is 13.0. The Morgan fingerprint density at radius 3 is 2.76 bits per heavy atom. The van der Waals surface area contributed by atoms with E-state index in [-0.39, 0.29) is 11.9 Å². The average Bonchev–Trinajstić information content (AvgIpc) is 2.30. The number of hydrogen-bond acceptors (Lipinski definition) is 5. The summed E-state index contributed by atoms with van der Waals surface area (Å²) in [5.74, 6) is 0.305. The van der Waals surface area contributed by atoms with Crippen LogP contribution in [-0.4, -0.2) is 48.0 Å². The van der Waals surface area contributed by atoms with E-state index < -0.39 is 6.04 Å². The molecule has 1 N–H and O–H groups in total. The fourth-order valence-corrected chi connectivity index (χ4v) is 1.35. The monoisotopic (exact) mass is 258 g/mol. The van der Waals surface area contributed by atoms with Crippen molar-refractivity contribution in [3.63, 3.8) is 0 Å². The molecule has 1 aromatic rings. The summed E-state index contributed by atoms with van der Waals surface area (Å²) in [5, 5.41) is 3.25. The molecule has 0 bridgehead atoms. The number of anilines is 1. The molecule has 7 heteroatoms. The van der Waals surface area contributed by atoms with Gasteiger partial charge in [-0.25, -0.2) is 4.98 Å². The van der Waals surface area contributed by atoms with Crippen molar-refractivity contribution >= 4 is 23.3 Å². The van der Waals surface area contributed by atoms with Crippen molar-refractivity contribution in [2.75, 3.05) is 26.5 Å². The second-order valence-corrected chi connectivity index (χ2v) is 4.06. The number of amides is 1. The number of hydrogen-bond donors (Lipinski definition) is 1. The van der Waals surface area contributed by atoms with Crippen molar-refractivity contribution in [2.24, 2.45) is 0 Å². The number of rotatable bonds is 4. The summed E-state index contributed by atoms with van der Waals surface area (Å²) in [6, 6.07) is -0.233. The molecule has 1 unspecified atom stereocenters. The van der Waals surface area contributed by atoms with Crippen LogP contribution in [0.25, 0.3) is 0 Å². The normalized spacial score (nSPS) is 11.8. The molecular formula is C10H15ClN4O2. The van der Waals surface area contributed by atoms with Crippen LogP contribution < -0.4 is 10.1 Å². The first-order valence-electron chi connectivity index (χ1n) is 5.00. The number of carbonyl (C=O) groups is 1. The standard InChI is InChI=1S/C10H15ClN4O2/c1-6(9(16)15(2)3)13-8-7(11)5-12-10(14-8)17-4/h5-6H,1-4H3,(H,12,13,14). The van der Waals surface area contributed by atoms with Gasteiger partial charge in [-0.3, -0.25) is 4.79 Å². The van der Waals surface area contributed by atoms with Gasteiger partial charge in [0, 0.05) is 14.1 Å². The minimum Gasteiger partial charge on any atom is -0.467 e. The van der Waals surface area contributed by atoms with E-state index in [4.69, 9.17) is 16.3 Å². The van der Waals surface area contributed by atoms with Gasteiger partial charge < -0.3 is 15.0 Å². The first kappa shape index (κ1) is 13.5. The predicted octanol–water partition coefficient (Wildman–Crippen LogP) is 1.03. The van der Waals surface area contributed by atoms with E-state index >= 15 is 0 Å². The molecule has 1 atom stereocenters. The van der Waals surface area contributed by atoms with Crippen LogP contribution in [0.4, 0.5) is 5.82 Å². The van der Waals surface area contributed by atoms with Crippen LogP contribution >= 0.6 is 11.6 Å². The lowest BCUT2D eigenvalue weighted by molar-refractivity contribution is -0.129. The van der Waals surface area contributed by atoms with Gasteiger partial charge in [-0.05, 0) is 6.92 Å². The summed E-state index contributed by atoms with van der Waals surface area (Å²) < 4.78 is 4.88. The van der Waals surface area contributed by atoms with Gasteiger partial charge in [-0.1, -0.05) is 11.6 Å². The molecular weight excluding hydrogens is 244 g/mol. The molecule has 0 aliphatic rings. The van der Waals surface area contributed by atoms with Gasteiger partial charge in [-0.15, -0.1) is 0 Å². The smallest absolute Gasteiger partial charge is 0.318 e. The van der Waals surface area contributed by atoms with Gasteiger partial charge in [0.05, 0.1) is 13.3 Å². The Bertz CT molecular complexity index is 411. The van der Waals surface area contributed by atoms with Crippen LogP contribution in [0.2, 0.25) is 5.02 Å². The van der Waals surface area contributed by atoms with E-state index in [2.05, 4.69) is 15.3 Å². The zero-order valence-corrected chi connectivity index (χ0v) is 10.9. The SMILES string of the molecule is COc1ncc(Cl)c(NC(C)C(=O)N(C)C)n1. The number of nitrogens with zero attached hydrogens (tertiary/aromatic N) is 3. The highest BCUT2D eigenvalue weighted by Crippen LogP contribution is 2.20. The van der Waals surface area contributed by atoms with Gasteiger partial charge in [0.15, 0.2) is 5.82 Å². The molecule has 94 valence electrons. The van der Waals surface area contributed by atoms with E-state index in [1.165, 1.54) is 18.2 Å². The van der Waals surface area contributed by atoms with Crippen LogP contribution in [0.5, 0.6) is 6.01 Å². The summed E-state index contributed by atoms with van der Waals surface area (Å²) in [6.45, 7) is 1.73. The Balaban J connectivity index is 2.83. The average molecular weight is 259 g/mol. The van der Waals surface area contributed by atoms with E-state index in [1.54, 1.807) is 21.0 Å². The first-order chi connectivity index (χ1) is 7.95. The molecule has 0 saturated heterocycles. The number of ether oxygens (including phenoxy) is 1. The maximum absolute atomic E-state index is 11.7. The number of aromatic nitrogens is 2. The topological polar surface area (TPSA) is 67.3 Å². The molecule has 1 amide bonds. The number of likely N-dealkylation sites (N-methyl/N-ethyl adjacent to an activating group) is 1. The summed E-state index contributed by atoms with van der Waals surface area (Å²) in [7, 11) is 4.83. The van der Waals surface area contributed by atoms with Crippen LogP contribution in [0, 0.1) is 0 Å². The highest BCUT2D eigenvalue weighted by atomic mass is 35.5. The zero-order valence-electron chi connectivity index (χ0n) is 10.2. The lowest BCUT2D eigenvalue weighted by atomic mass is 10.3. The van der Waals surface area contributed by atoms with Crippen LogP contribution in [-0.2, 0) is 4.79 Å². The van der Waals surface area contributed by atoms with Gasteiger partial charge in [0.1, 0.15) is 11.1 Å². The van der Waals surface area contributed by atoms with Crippen LogP contribution in [0.15, 0.2) is 6.20 Å².